The highest BCUT2D eigenvalue weighted by atomic mass is 127. The summed E-state index contributed by atoms with van der Waals surface area (Å²) in [6, 6.07) is 0. The van der Waals surface area contributed by atoms with Crippen LogP contribution in [0, 0.1) is 0 Å². The van der Waals surface area contributed by atoms with Gasteiger partial charge in [0.25, 0.3) is 5.91 Å². The molecule has 0 bridgehead atoms. The van der Waals surface area contributed by atoms with Crippen molar-refractivity contribution in [3.8, 4) is 0 Å². The smallest absolute Gasteiger partial charge is 0.365 e. The molecule has 0 atom stereocenters. The second-order valence-corrected chi connectivity index (χ2v) is 3.01. The van der Waals surface area contributed by atoms with Crippen LogP contribution in [0.1, 0.15) is 12.8 Å². The Morgan fingerprint density at radius 2 is 2.36 bits per heavy atom. The van der Waals surface area contributed by atoms with Crippen LogP contribution in [-0.2, 0) is 4.79 Å². The van der Waals surface area contributed by atoms with Gasteiger partial charge in [0, 0.05) is 0 Å². The second kappa shape index (κ2) is 8.10. The monoisotopic (exact) mass is 332 g/mol. The number of hydrazine groups is 1. The fourth-order valence-corrected chi connectivity index (χ4v) is 1.06. The summed E-state index contributed by atoms with van der Waals surface area (Å²) in [5.74, 6) is 0.443. The normalized spacial score (nSPS) is 15.4. The summed E-state index contributed by atoms with van der Waals surface area (Å²) < 4.78 is 0. The van der Waals surface area contributed by atoms with E-state index in [0.29, 0.717) is 0 Å². The van der Waals surface area contributed by atoms with Crippen LogP contribution in [0.25, 0.3) is 0 Å². The molecule has 0 aromatic carbocycles. The lowest BCUT2D eigenvalue weighted by molar-refractivity contribution is -0.460. The first kappa shape index (κ1) is 13.8. The van der Waals surface area contributed by atoms with Gasteiger partial charge in [0.2, 0.25) is 0 Å². The molecule has 0 radical (unpaired) electrons. The summed E-state index contributed by atoms with van der Waals surface area (Å²) in [5, 5.41) is 3.10. The fraction of sp³-hybridized carbons (Fsp3) is 0.714. The first-order chi connectivity index (χ1) is 6.33. The van der Waals surface area contributed by atoms with Gasteiger partial charge in [-0.25, -0.2) is 5.43 Å². The molecule has 1 amide bonds. The highest BCUT2D eigenvalue weighted by Crippen LogP contribution is 1.82. The Morgan fingerprint density at radius 1 is 1.57 bits per heavy atom. The largest absolute Gasteiger partial charge is 1.00 e. The third-order valence-electron chi connectivity index (χ3n) is 1.66. The number of hydrogen-bond donors (Lipinski definition) is 4. The number of carbonyl (C=O) groups excluding carboxylic acids is 1. The molecule has 1 heterocycles. The maximum atomic E-state index is 10.8. The van der Waals surface area contributed by atoms with Crippen molar-refractivity contribution in [1.82, 2.24) is 16.2 Å². The van der Waals surface area contributed by atoms with Gasteiger partial charge < -0.3 is 24.0 Å². The molecule has 0 saturated heterocycles. The molecule has 1 aliphatic rings. The van der Waals surface area contributed by atoms with Gasteiger partial charge >= 0.3 is 5.96 Å². The lowest BCUT2D eigenvalue weighted by Gasteiger charge is -2.02. The first-order valence-corrected chi connectivity index (χ1v) is 4.82. The topological polar surface area (TPSA) is 67.1 Å². The van der Waals surface area contributed by atoms with Crippen molar-refractivity contribution in [2.75, 3.05) is 19.0 Å². The Bertz CT molecular complexity index is 212. The van der Waals surface area contributed by atoms with Crippen molar-refractivity contribution in [2.45, 2.75) is 12.8 Å². The average molecular weight is 333 g/mol. The standard InChI is InChI=1S/C7H13ClN4O.HI/c8-5-6(13)11-12-7-9-3-1-2-4-10-7;/h1-5H2,(H,11,13)(H2,9,10,12);1H. The zero-order valence-electron chi connectivity index (χ0n) is 7.70. The quantitative estimate of drug-likeness (QED) is 0.220. The van der Waals surface area contributed by atoms with E-state index in [-0.39, 0.29) is 35.8 Å². The van der Waals surface area contributed by atoms with Crippen LogP contribution in [-0.4, -0.2) is 30.8 Å². The second-order valence-electron chi connectivity index (χ2n) is 2.74. The predicted molar refractivity (Wildman–Crippen MR) is 50.1 cm³/mol. The van der Waals surface area contributed by atoms with E-state index in [4.69, 9.17) is 11.6 Å². The number of nitrogens with one attached hydrogen (secondary N) is 4. The highest BCUT2D eigenvalue weighted by molar-refractivity contribution is 6.27. The molecule has 14 heavy (non-hydrogen) atoms. The molecule has 1 aliphatic heterocycles. The maximum Gasteiger partial charge on any atom is 0.365 e. The number of alkyl halides is 1. The van der Waals surface area contributed by atoms with Crippen molar-refractivity contribution in [2.24, 2.45) is 0 Å². The van der Waals surface area contributed by atoms with Crippen LogP contribution in [0.5, 0.6) is 0 Å². The van der Waals surface area contributed by atoms with Gasteiger partial charge in [0.1, 0.15) is 5.88 Å². The minimum absolute atomic E-state index is 0. The molecule has 1 rings (SSSR count). The third-order valence-corrected chi connectivity index (χ3v) is 1.90. The molecule has 82 valence electrons. The van der Waals surface area contributed by atoms with Crippen molar-refractivity contribution >= 4 is 23.5 Å². The maximum absolute atomic E-state index is 10.8. The average Bonchev–Trinajstić information content (AvgIpc) is 2.42. The summed E-state index contributed by atoms with van der Waals surface area (Å²) >= 11 is 5.30. The molecule has 0 saturated carbocycles. The minimum atomic E-state index is -0.248. The van der Waals surface area contributed by atoms with E-state index in [1.54, 1.807) is 0 Å². The Labute approximate surface area is 105 Å². The fourth-order valence-electron chi connectivity index (χ4n) is 0.993. The van der Waals surface area contributed by atoms with Crippen LogP contribution < -0.4 is 45.1 Å². The minimum Gasteiger partial charge on any atom is -1.00 e. The zero-order valence-corrected chi connectivity index (χ0v) is 10.6. The molecular weight excluding hydrogens is 318 g/mol. The van der Waals surface area contributed by atoms with E-state index in [1.165, 1.54) is 0 Å². The van der Waals surface area contributed by atoms with E-state index in [1.807, 2.05) is 0 Å². The molecule has 0 aliphatic carbocycles. The number of guanidine groups is 1. The van der Waals surface area contributed by atoms with Crippen LogP contribution in [0.3, 0.4) is 0 Å². The van der Waals surface area contributed by atoms with Crippen molar-refractivity contribution in [3.05, 3.63) is 0 Å². The van der Waals surface area contributed by atoms with Crippen LogP contribution in [0.4, 0.5) is 0 Å². The molecule has 0 spiro atoms. The van der Waals surface area contributed by atoms with Gasteiger partial charge in [0.05, 0.1) is 13.1 Å². The van der Waals surface area contributed by atoms with Gasteiger partial charge in [-0.1, -0.05) is 0 Å². The van der Waals surface area contributed by atoms with E-state index < -0.39 is 0 Å². The highest BCUT2D eigenvalue weighted by Gasteiger charge is 2.09. The Balaban J connectivity index is 0.00000169. The van der Waals surface area contributed by atoms with Crippen molar-refractivity contribution in [1.29, 1.82) is 0 Å². The van der Waals surface area contributed by atoms with E-state index in [2.05, 4.69) is 21.2 Å². The molecule has 0 unspecified atom stereocenters. The van der Waals surface area contributed by atoms with E-state index in [9.17, 15) is 4.79 Å². The van der Waals surface area contributed by atoms with Crippen LogP contribution >= 0.6 is 11.6 Å². The van der Waals surface area contributed by atoms with Crippen molar-refractivity contribution in [3.63, 3.8) is 0 Å². The molecule has 0 aromatic heterocycles. The zero-order chi connectivity index (χ0) is 9.52. The van der Waals surface area contributed by atoms with Gasteiger partial charge in [-0.3, -0.25) is 15.1 Å². The summed E-state index contributed by atoms with van der Waals surface area (Å²) in [5.41, 5.74) is 5.17. The Kier molecular flexibility index (Phi) is 7.96. The van der Waals surface area contributed by atoms with Gasteiger partial charge in [-0.05, 0) is 12.8 Å². The van der Waals surface area contributed by atoms with Gasteiger partial charge in [0.15, 0.2) is 0 Å². The molecule has 7 heteroatoms. The number of hydrogen-bond acceptors (Lipinski definition) is 3. The summed E-state index contributed by atoms with van der Waals surface area (Å²) in [6.07, 6.45) is 2.25. The number of halogens is 2. The van der Waals surface area contributed by atoms with Gasteiger partial charge in [-0.15, -0.1) is 11.6 Å². The number of carbonyl (C=O) groups is 1. The van der Waals surface area contributed by atoms with Crippen LogP contribution in [0.2, 0.25) is 0 Å². The number of amides is 1. The van der Waals surface area contributed by atoms with E-state index >= 15 is 0 Å². The molecule has 0 fully saturated rings. The SMILES string of the molecule is O=C(CCl)NNC1=[NH+]CCCCN1.[I-]. The summed E-state index contributed by atoms with van der Waals surface area (Å²) in [4.78, 5) is 13.9. The Hall–Kier alpha value is -0.240. The lowest BCUT2D eigenvalue weighted by Crippen LogP contribution is -3.00. The Morgan fingerprint density at radius 3 is 3.07 bits per heavy atom. The summed E-state index contributed by atoms with van der Waals surface area (Å²) in [6.45, 7) is 1.82. The molecule has 4 N–H and O–H groups in total. The molecule has 0 aromatic rings. The summed E-state index contributed by atoms with van der Waals surface area (Å²) in [7, 11) is 0. The molecule has 5 nitrogen and oxygen atoms in total. The lowest BCUT2D eigenvalue weighted by atomic mass is 10.3. The van der Waals surface area contributed by atoms with Gasteiger partial charge in [-0.2, -0.15) is 5.43 Å². The number of rotatable bonds is 1. The molecular formula is C7H14ClIN4O. The third kappa shape index (κ3) is 5.48. The van der Waals surface area contributed by atoms with Crippen molar-refractivity contribution < 1.29 is 33.8 Å². The first-order valence-electron chi connectivity index (χ1n) is 4.28. The predicted octanol–water partition coefficient (Wildman–Crippen LogP) is -5.33. The van der Waals surface area contributed by atoms with Crippen LogP contribution in [0.15, 0.2) is 0 Å². The van der Waals surface area contributed by atoms with E-state index in [0.717, 1.165) is 31.9 Å².